The molecule has 11 nitrogen and oxygen atoms in total. The van der Waals surface area contributed by atoms with Crippen LogP contribution >= 0.6 is 0 Å². The summed E-state index contributed by atoms with van der Waals surface area (Å²) >= 11 is 0. The van der Waals surface area contributed by atoms with Crippen molar-refractivity contribution in [3.05, 3.63) is 173 Å². The molecule has 2 unspecified atom stereocenters. The molecular formula is C50H50N2O9S2. The van der Waals surface area contributed by atoms with Crippen LogP contribution in [0.2, 0.25) is 0 Å². The lowest BCUT2D eigenvalue weighted by Gasteiger charge is -2.36. The van der Waals surface area contributed by atoms with E-state index in [0.717, 1.165) is 40.5 Å². The van der Waals surface area contributed by atoms with Gasteiger partial charge in [0, 0.05) is 23.2 Å². The lowest BCUT2D eigenvalue weighted by atomic mass is 9.70. The van der Waals surface area contributed by atoms with Crippen LogP contribution in [0.1, 0.15) is 76.1 Å². The fourth-order valence-electron chi connectivity index (χ4n) is 9.06. The van der Waals surface area contributed by atoms with Crippen molar-refractivity contribution < 1.29 is 41.4 Å². The summed E-state index contributed by atoms with van der Waals surface area (Å²) < 4.78 is 57.1. The highest BCUT2D eigenvalue weighted by Gasteiger charge is 2.65. The number of carbonyl (C=O) groups excluding carboxylic acids is 1. The average Bonchev–Trinajstić information content (AvgIpc) is 3.60. The van der Waals surface area contributed by atoms with Crippen molar-refractivity contribution in [3.63, 3.8) is 0 Å². The summed E-state index contributed by atoms with van der Waals surface area (Å²) in [5.74, 6) is -1.68. The van der Waals surface area contributed by atoms with Crippen molar-refractivity contribution in [1.82, 2.24) is 0 Å². The Bertz CT molecular complexity index is 2890. The monoisotopic (exact) mass is 886 g/mol. The second kappa shape index (κ2) is 18.2. The number of sulfonamides is 2. The SMILES string of the molecule is CC1(C)C2CCC1(CS(=O)(=O)Nc1ccc(CCc3cccc(C(=O)O)c3)cc1)C(=O)C2.O=C(O)c1cccc(CCc2ccc(NS(=O)(=O)c3cccc4ccccc34)cc2)c1. The highest BCUT2D eigenvalue weighted by atomic mass is 32.2. The quantitative estimate of drug-likeness (QED) is 0.0780. The first kappa shape index (κ1) is 44.7. The van der Waals surface area contributed by atoms with Gasteiger partial charge in [-0.25, -0.2) is 26.4 Å². The molecule has 63 heavy (non-hydrogen) atoms. The van der Waals surface area contributed by atoms with E-state index in [1.807, 2.05) is 74.5 Å². The van der Waals surface area contributed by atoms with E-state index in [0.29, 0.717) is 48.9 Å². The second-order valence-electron chi connectivity index (χ2n) is 17.0. The molecule has 2 aliphatic carbocycles. The first-order valence-corrected chi connectivity index (χ1v) is 23.9. The third-order valence-electron chi connectivity index (χ3n) is 12.8. The zero-order valence-electron chi connectivity index (χ0n) is 35.1. The second-order valence-corrected chi connectivity index (χ2v) is 20.4. The first-order valence-electron chi connectivity index (χ1n) is 20.8. The Morgan fingerprint density at radius 2 is 1.11 bits per heavy atom. The summed E-state index contributed by atoms with van der Waals surface area (Å²) in [7, 11) is -7.40. The molecule has 0 radical (unpaired) electrons. The first-order chi connectivity index (χ1) is 29.9. The molecule has 2 bridgehead atoms. The number of fused-ring (bicyclic) bond motifs is 3. The molecule has 2 fully saturated rings. The van der Waals surface area contributed by atoms with Gasteiger partial charge in [0.15, 0.2) is 0 Å². The van der Waals surface area contributed by atoms with E-state index in [-0.39, 0.29) is 38.9 Å². The lowest BCUT2D eigenvalue weighted by molar-refractivity contribution is -0.128. The molecule has 13 heteroatoms. The number of Topliss-reactive ketones (excluding diaryl/α,β-unsaturated/α-hetero) is 1. The predicted molar refractivity (Wildman–Crippen MR) is 245 cm³/mol. The molecule has 2 saturated carbocycles. The summed E-state index contributed by atoms with van der Waals surface area (Å²) in [5.41, 5.74) is 4.38. The van der Waals surface area contributed by atoms with Gasteiger partial charge in [0.25, 0.3) is 10.0 Å². The van der Waals surface area contributed by atoms with Gasteiger partial charge in [0.1, 0.15) is 5.78 Å². The van der Waals surface area contributed by atoms with Crippen molar-refractivity contribution in [1.29, 1.82) is 0 Å². The van der Waals surface area contributed by atoms with Gasteiger partial charge in [-0.05, 0) is 132 Å². The van der Waals surface area contributed by atoms with Crippen LogP contribution in [0.3, 0.4) is 0 Å². The maximum Gasteiger partial charge on any atom is 0.335 e. The summed E-state index contributed by atoms with van der Waals surface area (Å²) in [5, 5.41) is 19.8. The minimum absolute atomic E-state index is 0.0893. The van der Waals surface area contributed by atoms with Crippen LogP contribution in [0.5, 0.6) is 0 Å². The Morgan fingerprint density at radius 3 is 1.62 bits per heavy atom. The minimum atomic E-state index is -3.73. The van der Waals surface area contributed by atoms with Crippen molar-refractivity contribution in [2.45, 2.75) is 63.7 Å². The maximum atomic E-state index is 12.9. The maximum absolute atomic E-state index is 12.9. The largest absolute Gasteiger partial charge is 0.478 e. The highest BCUT2D eigenvalue weighted by Crippen LogP contribution is 2.64. The zero-order valence-corrected chi connectivity index (χ0v) is 36.7. The number of anilines is 2. The lowest BCUT2D eigenvalue weighted by Crippen LogP contribution is -2.43. The molecule has 6 aromatic carbocycles. The number of carboxylic acids is 2. The molecule has 2 aliphatic rings. The normalized spacial score (nSPS) is 17.7. The number of hydrogen-bond acceptors (Lipinski definition) is 7. The number of hydrogen-bond donors (Lipinski definition) is 4. The van der Waals surface area contributed by atoms with Gasteiger partial charge in [-0.1, -0.05) is 98.8 Å². The highest BCUT2D eigenvalue weighted by molar-refractivity contribution is 7.93. The fraction of sp³-hybridized carbons (Fsp3) is 0.260. The van der Waals surface area contributed by atoms with Gasteiger partial charge >= 0.3 is 11.9 Å². The zero-order chi connectivity index (χ0) is 45.0. The van der Waals surface area contributed by atoms with Crippen LogP contribution in [-0.2, 0) is 50.5 Å². The molecule has 2 atom stereocenters. The predicted octanol–water partition coefficient (Wildman–Crippen LogP) is 9.43. The van der Waals surface area contributed by atoms with Gasteiger partial charge in [-0.3, -0.25) is 14.2 Å². The summed E-state index contributed by atoms with van der Waals surface area (Å²) in [6, 6.07) is 40.8. The van der Waals surface area contributed by atoms with Crippen LogP contribution in [-0.4, -0.2) is 50.5 Å². The van der Waals surface area contributed by atoms with Gasteiger partial charge < -0.3 is 10.2 Å². The molecule has 4 N–H and O–H groups in total. The molecule has 0 saturated heterocycles. The standard InChI is InChI=1S/C25H29NO5S.C25H21NO4S/c1-24(2)20-12-13-25(24,22(27)15-20)16-32(30,31)26-21-10-8-17(9-11-21)6-7-18-4-3-5-19(14-18)23(28)29;27-25(28)21-8-3-5-19(17-21)12-11-18-13-15-22(16-14-18)26-31(29,30)24-10-4-7-20-6-1-2-9-23(20)24/h3-5,8-11,14,20,26H,6-7,12-13,15-16H2,1-2H3,(H,28,29);1-10,13-17,26H,11-12H2,(H,27,28). The molecule has 6 aromatic rings. The molecular weight excluding hydrogens is 837 g/mol. The van der Waals surface area contributed by atoms with E-state index in [2.05, 4.69) is 9.44 Å². The van der Waals surface area contributed by atoms with E-state index in [9.17, 15) is 31.2 Å². The number of benzene rings is 6. The average molecular weight is 887 g/mol. The molecule has 0 spiro atoms. The number of aryl methyl sites for hydroxylation is 4. The van der Waals surface area contributed by atoms with Crippen LogP contribution < -0.4 is 9.44 Å². The molecule has 0 aliphatic heterocycles. The van der Waals surface area contributed by atoms with E-state index >= 15 is 0 Å². The van der Waals surface area contributed by atoms with Gasteiger partial charge in [0.05, 0.1) is 27.2 Å². The minimum Gasteiger partial charge on any atom is -0.478 e. The van der Waals surface area contributed by atoms with Crippen LogP contribution in [0, 0.1) is 16.7 Å². The number of nitrogens with one attached hydrogen (secondary N) is 2. The Morgan fingerprint density at radius 1 is 0.619 bits per heavy atom. The van der Waals surface area contributed by atoms with Crippen LogP contribution in [0.15, 0.2) is 144 Å². The Balaban J connectivity index is 0.000000189. The Labute approximate surface area is 368 Å². The molecule has 0 heterocycles. The van der Waals surface area contributed by atoms with E-state index in [4.69, 9.17) is 10.2 Å². The van der Waals surface area contributed by atoms with Crippen molar-refractivity contribution in [3.8, 4) is 0 Å². The fourth-order valence-corrected chi connectivity index (χ4v) is 12.2. The van der Waals surface area contributed by atoms with Crippen molar-refractivity contribution >= 4 is 59.9 Å². The van der Waals surface area contributed by atoms with Crippen LogP contribution in [0.4, 0.5) is 11.4 Å². The van der Waals surface area contributed by atoms with Crippen LogP contribution in [0.25, 0.3) is 10.8 Å². The molecule has 0 aromatic heterocycles. The third kappa shape index (κ3) is 10.2. The summed E-state index contributed by atoms with van der Waals surface area (Å²) in [4.78, 5) is 35.1. The number of aromatic carboxylic acids is 2. The molecule has 8 rings (SSSR count). The number of carboxylic acid groups (broad SMARTS) is 2. The summed E-state index contributed by atoms with van der Waals surface area (Å²) in [6.07, 6.45) is 4.87. The van der Waals surface area contributed by atoms with E-state index in [1.54, 1.807) is 78.9 Å². The number of carbonyl (C=O) groups is 3. The topological polar surface area (TPSA) is 184 Å². The molecule has 0 amide bonds. The van der Waals surface area contributed by atoms with E-state index in [1.165, 1.54) is 0 Å². The number of ketones is 1. The van der Waals surface area contributed by atoms with E-state index < -0.39 is 37.4 Å². The Hall–Kier alpha value is -6.31. The van der Waals surface area contributed by atoms with Gasteiger partial charge in [-0.2, -0.15) is 0 Å². The number of rotatable bonds is 15. The molecule has 326 valence electrons. The Kier molecular flexibility index (Phi) is 12.9. The van der Waals surface area contributed by atoms with Crippen molar-refractivity contribution in [2.75, 3.05) is 15.2 Å². The van der Waals surface area contributed by atoms with Gasteiger partial charge in [-0.15, -0.1) is 0 Å². The van der Waals surface area contributed by atoms with Crippen molar-refractivity contribution in [2.24, 2.45) is 16.7 Å². The smallest absolute Gasteiger partial charge is 0.335 e. The third-order valence-corrected chi connectivity index (χ3v) is 15.7. The summed E-state index contributed by atoms with van der Waals surface area (Å²) in [6.45, 7) is 4.07. The van der Waals surface area contributed by atoms with Gasteiger partial charge in [0.2, 0.25) is 10.0 Å².